The Labute approximate surface area is 116 Å². The van der Waals surface area contributed by atoms with Crippen molar-refractivity contribution < 1.29 is 4.79 Å². The van der Waals surface area contributed by atoms with Crippen molar-refractivity contribution in [1.82, 2.24) is 5.32 Å². The van der Waals surface area contributed by atoms with E-state index in [1.165, 1.54) is 32.1 Å². The van der Waals surface area contributed by atoms with Gasteiger partial charge in [0.05, 0.1) is 0 Å². The van der Waals surface area contributed by atoms with Gasteiger partial charge in [0.15, 0.2) is 0 Å². The third-order valence-electron chi connectivity index (χ3n) is 5.10. The molecule has 19 heavy (non-hydrogen) atoms. The van der Waals surface area contributed by atoms with Crippen LogP contribution in [0, 0.1) is 17.8 Å². The van der Waals surface area contributed by atoms with Gasteiger partial charge in [0.2, 0.25) is 5.91 Å². The molecule has 2 fully saturated rings. The van der Waals surface area contributed by atoms with Crippen LogP contribution in [0.3, 0.4) is 0 Å². The molecular weight excluding hydrogens is 238 g/mol. The van der Waals surface area contributed by atoms with E-state index in [1.807, 2.05) is 0 Å². The first-order valence-corrected chi connectivity index (χ1v) is 7.96. The molecule has 2 saturated carbocycles. The third-order valence-corrected chi connectivity index (χ3v) is 5.10. The number of hydrogen-bond acceptors (Lipinski definition) is 3. The van der Waals surface area contributed by atoms with E-state index in [0.717, 1.165) is 19.3 Å². The average Bonchev–Trinajstić information content (AvgIpc) is 2.94. The lowest BCUT2D eigenvalue weighted by Gasteiger charge is -2.31. The molecule has 1 amide bonds. The highest BCUT2D eigenvalue weighted by atomic mass is 16.2. The first kappa shape index (κ1) is 14.8. The first-order chi connectivity index (χ1) is 9.26. The lowest BCUT2D eigenvalue weighted by molar-refractivity contribution is -0.127. The summed E-state index contributed by atoms with van der Waals surface area (Å²) < 4.78 is 0. The van der Waals surface area contributed by atoms with Crippen LogP contribution in [0.2, 0.25) is 0 Å². The van der Waals surface area contributed by atoms with Gasteiger partial charge in [0, 0.05) is 18.5 Å². The highest BCUT2D eigenvalue weighted by Crippen LogP contribution is 2.32. The molecule has 0 saturated heterocycles. The van der Waals surface area contributed by atoms with E-state index in [4.69, 9.17) is 11.5 Å². The third kappa shape index (κ3) is 3.69. The Bertz CT molecular complexity index is 289. The second-order valence-electron chi connectivity index (χ2n) is 6.28. The van der Waals surface area contributed by atoms with E-state index in [0.29, 0.717) is 24.9 Å². The molecule has 3 atom stereocenters. The molecule has 4 heteroatoms. The predicted molar refractivity (Wildman–Crippen MR) is 77.4 cm³/mol. The minimum atomic E-state index is 0.127. The second-order valence-corrected chi connectivity index (χ2v) is 6.28. The fraction of sp³-hybridized carbons (Fsp3) is 0.933. The zero-order chi connectivity index (χ0) is 13.7. The van der Waals surface area contributed by atoms with Crippen LogP contribution >= 0.6 is 0 Å². The fourth-order valence-corrected chi connectivity index (χ4v) is 3.86. The molecular formula is C15H29N3O. The van der Waals surface area contributed by atoms with Crippen molar-refractivity contribution in [3.63, 3.8) is 0 Å². The largest absolute Gasteiger partial charge is 0.352 e. The lowest BCUT2D eigenvalue weighted by Crippen LogP contribution is -2.48. The van der Waals surface area contributed by atoms with Crippen LogP contribution in [0.5, 0.6) is 0 Å². The van der Waals surface area contributed by atoms with Gasteiger partial charge in [-0.15, -0.1) is 0 Å². The molecule has 0 aromatic heterocycles. The number of carbonyl (C=O) groups excluding carboxylic acids is 1. The summed E-state index contributed by atoms with van der Waals surface area (Å²) in [6.45, 7) is 1.20. The van der Waals surface area contributed by atoms with Gasteiger partial charge < -0.3 is 16.8 Å². The summed E-state index contributed by atoms with van der Waals surface area (Å²) in [5.74, 6) is 1.29. The molecule has 110 valence electrons. The van der Waals surface area contributed by atoms with Crippen LogP contribution < -0.4 is 16.8 Å². The Morgan fingerprint density at radius 2 is 1.79 bits per heavy atom. The number of amides is 1. The summed E-state index contributed by atoms with van der Waals surface area (Å²) in [4.78, 5) is 12.4. The van der Waals surface area contributed by atoms with Crippen molar-refractivity contribution >= 4 is 5.91 Å². The first-order valence-electron chi connectivity index (χ1n) is 7.96. The molecule has 0 radical (unpaired) electrons. The number of carbonyl (C=O) groups is 1. The fourth-order valence-electron chi connectivity index (χ4n) is 3.86. The molecule has 0 spiro atoms. The topological polar surface area (TPSA) is 81.1 Å². The minimum Gasteiger partial charge on any atom is -0.352 e. The molecule has 4 nitrogen and oxygen atoms in total. The molecule has 1 unspecified atom stereocenters. The van der Waals surface area contributed by atoms with Crippen LogP contribution in [0.4, 0.5) is 0 Å². The average molecular weight is 267 g/mol. The van der Waals surface area contributed by atoms with Gasteiger partial charge in [-0.05, 0) is 44.1 Å². The van der Waals surface area contributed by atoms with Crippen molar-refractivity contribution in [2.45, 2.75) is 57.4 Å². The Hall–Kier alpha value is -0.610. The van der Waals surface area contributed by atoms with Gasteiger partial charge >= 0.3 is 0 Å². The van der Waals surface area contributed by atoms with Crippen LogP contribution in [0.1, 0.15) is 51.4 Å². The number of nitrogens with one attached hydrogen (secondary N) is 1. The monoisotopic (exact) mass is 267 g/mol. The summed E-state index contributed by atoms with van der Waals surface area (Å²) in [6.07, 6.45) is 9.56. The van der Waals surface area contributed by atoms with Crippen LogP contribution in [-0.4, -0.2) is 25.0 Å². The van der Waals surface area contributed by atoms with Gasteiger partial charge in [-0.1, -0.05) is 25.7 Å². The molecule has 2 rings (SSSR count). The maximum Gasteiger partial charge on any atom is 0.223 e. The van der Waals surface area contributed by atoms with Gasteiger partial charge in [0.1, 0.15) is 0 Å². The Kier molecular flexibility index (Phi) is 5.64. The Balaban J connectivity index is 1.88. The molecule has 2 aliphatic rings. The second kappa shape index (κ2) is 7.25. The minimum absolute atomic E-state index is 0.127. The van der Waals surface area contributed by atoms with E-state index in [-0.39, 0.29) is 17.9 Å². The quantitative estimate of drug-likeness (QED) is 0.704. The van der Waals surface area contributed by atoms with E-state index in [9.17, 15) is 4.79 Å². The number of rotatable bonds is 5. The van der Waals surface area contributed by atoms with Crippen molar-refractivity contribution in [3.05, 3.63) is 0 Å². The van der Waals surface area contributed by atoms with E-state index in [2.05, 4.69) is 5.32 Å². The molecule has 0 aromatic rings. The molecule has 0 heterocycles. The smallest absolute Gasteiger partial charge is 0.223 e. The molecule has 0 aromatic carbocycles. The molecule has 2 aliphatic carbocycles. The van der Waals surface area contributed by atoms with Crippen molar-refractivity contribution in [1.29, 1.82) is 0 Å². The Morgan fingerprint density at radius 1 is 1.05 bits per heavy atom. The summed E-state index contributed by atoms with van der Waals surface area (Å²) in [5.41, 5.74) is 11.6. The maximum atomic E-state index is 12.4. The zero-order valence-corrected chi connectivity index (χ0v) is 11.9. The highest BCUT2D eigenvalue weighted by Gasteiger charge is 2.34. The van der Waals surface area contributed by atoms with E-state index in [1.54, 1.807) is 0 Å². The standard InChI is InChI=1S/C15H29N3O/c16-9-12-7-4-8-13(12)15(19)18-14(10-17)11-5-2-1-3-6-11/h11-14H,1-10,16-17H2,(H,18,19)/t12-,13-,14?/m1/s1. The molecule has 0 bridgehead atoms. The summed E-state index contributed by atoms with van der Waals surface area (Å²) >= 11 is 0. The highest BCUT2D eigenvalue weighted by molar-refractivity contribution is 5.79. The zero-order valence-electron chi connectivity index (χ0n) is 11.9. The van der Waals surface area contributed by atoms with Gasteiger partial charge in [-0.25, -0.2) is 0 Å². The summed E-state index contributed by atoms with van der Waals surface area (Å²) in [5, 5.41) is 3.22. The number of nitrogens with two attached hydrogens (primary N) is 2. The van der Waals surface area contributed by atoms with Crippen molar-refractivity contribution in [3.8, 4) is 0 Å². The van der Waals surface area contributed by atoms with Gasteiger partial charge in [-0.2, -0.15) is 0 Å². The summed E-state index contributed by atoms with van der Waals surface area (Å²) in [6, 6.07) is 0.173. The SMILES string of the molecule is NCC(NC(=O)[C@@H]1CCC[C@@H]1CN)C1CCCCC1. The Morgan fingerprint density at radius 3 is 2.42 bits per heavy atom. The summed E-state index contributed by atoms with van der Waals surface area (Å²) in [7, 11) is 0. The van der Waals surface area contributed by atoms with Crippen LogP contribution in [0.25, 0.3) is 0 Å². The van der Waals surface area contributed by atoms with E-state index < -0.39 is 0 Å². The molecule has 0 aliphatic heterocycles. The van der Waals surface area contributed by atoms with Gasteiger partial charge in [0.25, 0.3) is 0 Å². The van der Waals surface area contributed by atoms with Crippen LogP contribution in [0.15, 0.2) is 0 Å². The van der Waals surface area contributed by atoms with Crippen LogP contribution in [-0.2, 0) is 4.79 Å². The predicted octanol–water partition coefficient (Wildman–Crippen LogP) is 1.39. The molecule has 5 N–H and O–H groups in total. The van der Waals surface area contributed by atoms with Crippen molar-refractivity contribution in [2.24, 2.45) is 29.2 Å². The normalized spacial score (nSPS) is 30.2. The van der Waals surface area contributed by atoms with Gasteiger partial charge in [-0.3, -0.25) is 4.79 Å². The lowest BCUT2D eigenvalue weighted by atomic mass is 9.83. The van der Waals surface area contributed by atoms with Crippen molar-refractivity contribution in [2.75, 3.05) is 13.1 Å². The number of hydrogen-bond donors (Lipinski definition) is 3. The van der Waals surface area contributed by atoms with E-state index >= 15 is 0 Å². The maximum absolute atomic E-state index is 12.4.